The molecule has 0 fully saturated rings. The van der Waals surface area contributed by atoms with Crippen molar-refractivity contribution in [3.8, 4) is 0 Å². The number of methoxy groups -OCH3 is 1. The van der Waals surface area contributed by atoms with Crippen LogP contribution in [0.15, 0.2) is 18.3 Å². The highest BCUT2D eigenvalue weighted by molar-refractivity contribution is 5.97. The Hall–Kier alpha value is -1.95. The first-order valence-corrected chi connectivity index (χ1v) is 4.68. The molecule has 1 heterocycles. The number of primary amides is 1. The number of nitrogens with one attached hydrogen (secondary N) is 1. The minimum atomic E-state index is -0.589. The van der Waals surface area contributed by atoms with Crippen molar-refractivity contribution >= 4 is 11.8 Å². The standard InChI is InChI=1S/C10H13N3O3/c1-16-5-4-13-10(15)8-6-7(9(11)14)2-3-12-8/h2-3,6H,4-5H2,1H3,(H2,11,14)(H,13,15). The Kier molecular flexibility index (Phi) is 4.41. The van der Waals surface area contributed by atoms with Crippen molar-refractivity contribution < 1.29 is 14.3 Å². The maximum atomic E-state index is 11.5. The summed E-state index contributed by atoms with van der Waals surface area (Å²) in [5.41, 5.74) is 5.50. The highest BCUT2D eigenvalue weighted by Gasteiger charge is 2.09. The number of amides is 2. The fraction of sp³-hybridized carbons (Fsp3) is 0.300. The van der Waals surface area contributed by atoms with Gasteiger partial charge >= 0.3 is 0 Å². The predicted octanol–water partition coefficient (Wildman–Crippen LogP) is -0.443. The smallest absolute Gasteiger partial charge is 0.269 e. The summed E-state index contributed by atoms with van der Waals surface area (Å²) in [4.78, 5) is 26.2. The molecule has 0 atom stereocenters. The SMILES string of the molecule is COCCNC(=O)c1cc(C(N)=O)ccn1. The van der Waals surface area contributed by atoms with Gasteiger partial charge in [0.05, 0.1) is 6.61 Å². The van der Waals surface area contributed by atoms with E-state index in [0.29, 0.717) is 13.2 Å². The van der Waals surface area contributed by atoms with Crippen LogP contribution in [-0.4, -0.2) is 37.1 Å². The van der Waals surface area contributed by atoms with E-state index in [-0.39, 0.29) is 17.2 Å². The Morgan fingerprint density at radius 2 is 2.31 bits per heavy atom. The van der Waals surface area contributed by atoms with Gasteiger partial charge in [0.1, 0.15) is 5.69 Å². The number of aromatic nitrogens is 1. The molecule has 0 saturated heterocycles. The zero-order valence-electron chi connectivity index (χ0n) is 8.90. The van der Waals surface area contributed by atoms with Crippen molar-refractivity contribution in [2.24, 2.45) is 5.73 Å². The van der Waals surface area contributed by atoms with E-state index >= 15 is 0 Å². The van der Waals surface area contributed by atoms with Crippen LogP contribution in [0.2, 0.25) is 0 Å². The average Bonchev–Trinajstić information content (AvgIpc) is 2.29. The van der Waals surface area contributed by atoms with Crippen LogP contribution in [0.25, 0.3) is 0 Å². The zero-order valence-corrected chi connectivity index (χ0v) is 8.90. The Bertz CT molecular complexity index is 393. The van der Waals surface area contributed by atoms with Gasteiger partial charge < -0.3 is 15.8 Å². The van der Waals surface area contributed by atoms with Crippen molar-refractivity contribution in [2.45, 2.75) is 0 Å². The first kappa shape index (κ1) is 12.1. The van der Waals surface area contributed by atoms with Gasteiger partial charge in [0.2, 0.25) is 5.91 Å². The molecule has 6 heteroatoms. The number of nitrogens with two attached hydrogens (primary N) is 1. The minimum absolute atomic E-state index is 0.160. The summed E-state index contributed by atoms with van der Waals surface area (Å²) >= 11 is 0. The molecule has 86 valence electrons. The number of rotatable bonds is 5. The lowest BCUT2D eigenvalue weighted by molar-refractivity contribution is 0.0932. The Morgan fingerprint density at radius 1 is 1.56 bits per heavy atom. The van der Waals surface area contributed by atoms with Crippen LogP contribution >= 0.6 is 0 Å². The van der Waals surface area contributed by atoms with E-state index in [9.17, 15) is 9.59 Å². The van der Waals surface area contributed by atoms with Gasteiger partial charge in [-0.05, 0) is 12.1 Å². The summed E-state index contributed by atoms with van der Waals surface area (Å²) in [5.74, 6) is -0.950. The molecule has 2 amide bonds. The molecule has 0 radical (unpaired) electrons. The molecule has 1 rings (SSSR count). The summed E-state index contributed by atoms with van der Waals surface area (Å²) in [6, 6.07) is 2.80. The van der Waals surface area contributed by atoms with E-state index in [4.69, 9.17) is 10.5 Å². The molecule has 0 aliphatic heterocycles. The number of carbonyl (C=O) groups excluding carboxylic acids is 2. The number of carbonyl (C=O) groups is 2. The Labute approximate surface area is 92.8 Å². The van der Waals surface area contributed by atoms with Crippen LogP contribution in [0.5, 0.6) is 0 Å². The van der Waals surface area contributed by atoms with E-state index in [2.05, 4.69) is 10.3 Å². The second kappa shape index (κ2) is 5.82. The maximum Gasteiger partial charge on any atom is 0.269 e. The molecule has 0 aromatic carbocycles. The van der Waals surface area contributed by atoms with Gasteiger partial charge in [-0.3, -0.25) is 14.6 Å². The molecule has 1 aromatic rings. The summed E-state index contributed by atoms with van der Waals surface area (Å²) < 4.78 is 4.78. The Morgan fingerprint density at radius 3 is 2.94 bits per heavy atom. The average molecular weight is 223 g/mol. The molecule has 1 aromatic heterocycles. The molecule has 0 bridgehead atoms. The quantitative estimate of drug-likeness (QED) is 0.661. The molecule has 0 aliphatic rings. The third-order valence-corrected chi connectivity index (χ3v) is 1.87. The van der Waals surface area contributed by atoms with Crippen LogP contribution in [0.4, 0.5) is 0 Å². The van der Waals surface area contributed by atoms with Gasteiger partial charge in [0.15, 0.2) is 0 Å². The van der Waals surface area contributed by atoms with E-state index in [1.54, 1.807) is 0 Å². The minimum Gasteiger partial charge on any atom is -0.383 e. The van der Waals surface area contributed by atoms with Crippen LogP contribution in [0.1, 0.15) is 20.8 Å². The summed E-state index contributed by atoms with van der Waals surface area (Å²) in [6.45, 7) is 0.805. The van der Waals surface area contributed by atoms with Gasteiger partial charge in [-0.1, -0.05) is 0 Å². The zero-order chi connectivity index (χ0) is 12.0. The normalized spacial score (nSPS) is 9.81. The molecule has 16 heavy (non-hydrogen) atoms. The van der Waals surface area contributed by atoms with Crippen molar-refractivity contribution in [3.63, 3.8) is 0 Å². The number of pyridine rings is 1. The molecule has 6 nitrogen and oxygen atoms in total. The van der Waals surface area contributed by atoms with Crippen LogP contribution in [-0.2, 0) is 4.74 Å². The lowest BCUT2D eigenvalue weighted by Gasteiger charge is -2.04. The van der Waals surface area contributed by atoms with Crippen molar-refractivity contribution in [3.05, 3.63) is 29.6 Å². The maximum absolute atomic E-state index is 11.5. The fourth-order valence-corrected chi connectivity index (χ4v) is 1.07. The molecule has 0 unspecified atom stereocenters. The third-order valence-electron chi connectivity index (χ3n) is 1.87. The lowest BCUT2D eigenvalue weighted by Crippen LogP contribution is -2.28. The second-order valence-corrected chi connectivity index (χ2v) is 3.04. The van der Waals surface area contributed by atoms with Crippen LogP contribution < -0.4 is 11.1 Å². The number of hydrogen-bond donors (Lipinski definition) is 2. The first-order chi connectivity index (χ1) is 7.65. The molecule has 0 saturated carbocycles. The van der Waals surface area contributed by atoms with Crippen LogP contribution in [0, 0.1) is 0 Å². The molecule has 0 aliphatic carbocycles. The summed E-state index contributed by atoms with van der Waals surface area (Å²) in [7, 11) is 1.54. The van der Waals surface area contributed by atoms with Crippen molar-refractivity contribution in [1.29, 1.82) is 0 Å². The summed E-state index contributed by atoms with van der Waals surface area (Å²) in [6.07, 6.45) is 1.37. The number of ether oxygens (including phenoxy) is 1. The molecular formula is C10H13N3O3. The predicted molar refractivity (Wildman–Crippen MR) is 57.0 cm³/mol. The van der Waals surface area contributed by atoms with Gasteiger partial charge in [0.25, 0.3) is 5.91 Å². The van der Waals surface area contributed by atoms with Gasteiger partial charge in [-0.25, -0.2) is 0 Å². The lowest BCUT2D eigenvalue weighted by atomic mass is 10.2. The molecule has 0 spiro atoms. The van der Waals surface area contributed by atoms with Crippen molar-refractivity contribution in [1.82, 2.24) is 10.3 Å². The topological polar surface area (TPSA) is 94.3 Å². The second-order valence-electron chi connectivity index (χ2n) is 3.04. The Balaban J connectivity index is 2.68. The third kappa shape index (κ3) is 3.32. The summed E-state index contributed by atoms with van der Waals surface area (Å²) in [5, 5.41) is 2.59. The highest BCUT2D eigenvalue weighted by atomic mass is 16.5. The van der Waals surface area contributed by atoms with E-state index in [1.165, 1.54) is 25.4 Å². The largest absolute Gasteiger partial charge is 0.383 e. The van der Waals surface area contributed by atoms with Gasteiger partial charge in [0, 0.05) is 25.4 Å². The fourth-order valence-electron chi connectivity index (χ4n) is 1.07. The van der Waals surface area contributed by atoms with E-state index in [0.717, 1.165) is 0 Å². The monoisotopic (exact) mass is 223 g/mol. The molecule has 3 N–H and O–H groups in total. The number of hydrogen-bond acceptors (Lipinski definition) is 4. The highest BCUT2D eigenvalue weighted by Crippen LogP contribution is 2.00. The first-order valence-electron chi connectivity index (χ1n) is 4.68. The number of nitrogens with zero attached hydrogens (tertiary/aromatic N) is 1. The molecular weight excluding hydrogens is 210 g/mol. The van der Waals surface area contributed by atoms with Gasteiger partial charge in [-0.2, -0.15) is 0 Å². The van der Waals surface area contributed by atoms with Crippen molar-refractivity contribution in [2.75, 3.05) is 20.3 Å². The van der Waals surface area contributed by atoms with Gasteiger partial charge in [-0.15, -0.1) is 0 Å². The van der Waals surface area contributed by atoms with E-state index in [1.807, 2.05) is 0 Å². The van der Waals surface area contributed by atoms with E-state index < -0.39 is 5.91 Å². The van der Waals surface area contributed by atoms with Crippen LogP contribution in [0.3, 0.4) is 0 Å².